The molecule has 1 fully saturated rings. The van der Waals surface area contributed by atoms with E-state index in [1.807, 2.05) is 12.1 Å². The van der Waals surface area contributed by atoms with E-state index in [9.17, 15) is 0 Å². The van der Waals surface area contributed by atoms with Gasteiger partial charge >= 0.3 is 0 Å². The van der Waals surface area contributed by atoms with Crippen LogP contribution in [0, 0.1) is 6.92 Å². The zero-order valence-electron chi connectivity index (χ0n) is 15.3. The molecule has 2 aromatic carbocycles. The quantitative estimate of drug-likeness (QED) is 0.767. The van der Waals surface area contributed by atoms with Crippen molar-refractivity contribution in [2.24, 2.45) is 0 Å². The van der Waals surface area contributed by atoms with Gasteiger partial charge in [0.1, 0.15) is 0 Å². The van der Waals surface area contributed by atoms with Gasteiger partial charge in [-0.15, -0.1) is 0 Å². The number of benzene rings is 2. The summed E-state index contributed by atoms with van der Waals surface area (Å²) >= 11 is 0. The molecule has 3 aromatic rings. The summed E-state index contributed by atoms with van der Waals surface area (Å²) in [5.41, 5.74) is 4.47. The Morgan fingerprint density at radius 3 is 2.50 bits per heavy atom. The molecule has 26 heavy (non-hydrogen) atoms. The van der Waals surface area contributed by atoms with Gasteiger partial charge in [-0.1, -0.05) is 23.8 Å². The minimum absolute atomic E-state index is 0.508. The van der Waals surface area contributed by atoms with Gasteiger partial charge in [-0.05, 0) is 44.3 Å². The molecular formula is C21H24N4O. The molecule has 4 rings (SSSR count). The Balaban J connectivity index is 1.43. The fourth-order valence-corrected chi connectivity index (χ4v) is 3.21. The van der Waals surface area contributed by atoms with Crippen LogP contribution in [-0.4, -0.2) is 43.1 Å². The molecule has 0 aliphatic carbocycles. The van der Waals surface area contributed by atoms with Crippen molar-refractivity contribution in [2.45, 2.75) is 6.92 Å². The molecule has 0 spiro atoms. The number of hydrogen-bond donors (Lipinski definition) is 1. The van der Waals surface area contributed by atoms with E-state index in [1.165, 1.54) is 11.3 Å². The summed E-state index contributed by atoms with van der Waals surface area (Å²) in [5.74, 6) is 0.769. The Kier molecular flexibility index (Phi) is 4.63. The molecule has 0 amide bonds. The minimum Gasteiger partial charge on any atom is -0.423 e. The standard InChI is InChI=1S/C21H24N4O/c1-16-4-3-5-17(14-16)20-15-22-21(26-20)23-18-6-8-19(9-7-18)25-12-10-24(2)11-13-25/h3-9,14-15H,10-13H2,1-2H3,(H,22,23). The minimum atomic E-state index is 0.508. The third-order valence-electron chi connectivity index (χ3n) is 4.80. The summed E-state index contributed by atoms with van der Waals surface area (Å²) in [6, 6.07) is 17.2. The number of nitrogens with zero attached hydrogens (tertiary/aromatic N) is 3. The topological polar surface area (TPSA) is 44.5 Å². The van der Waals surface area contributed by atoms with Crippen molar-refractivity contribution in [1.82, 2.24) is 9.88 Å². The summed E-state index contributed by atoms with van der Waals surface area (Å²) in [4.78, 5) is 9.13. The fraction of sp³-hybridized carbons (Fsp3) is 0.286. The second-order valence-electron chi connectivity index (χ2n) is 6.86. The summed E-state index contributed by atoms with van der Waals surface area (Å²) in [6.45, 7) is 6.43. The highest BCUT2D eigenvalue weighted by Gasteiger charge is 2.14. The van der Waals surface area contributed by atoms with Crippen LogP contribution in [-0.2, 0) is 0 Å². The molecule has 5 nitrogen and oxygen atoms in total. The number of piperazine rings is 1. The van der Waals surface area contributed by atoms with Crippen molar-refractivity contribution in [3.63, 3.8) is 0 Å². The van der Waals surface area contributed by atoms with E-state index >= 15 is 0 Å². The molecule has 1 aromatic heterocycles. The van der Waals surface area contributed by atoms with Crippen molar-refractivity contribution in [3.05, 3.63) is 60.3 Å². The maximum absolute atomic E-state index is 5.85. The largest absolute Gasteiger partial charge is 0.423 e. The molecule has 0 atom stereocenters. The first-order chi connectivity index (χ1) is 12.7. The first-order valence-corrected chi connectivity index (χ1v) is 9.01. The predicted octanol–water partition coefficient (Wildman–Crippen LogP) is 4.15. The lowest BCUT2D eigenvalue weighted by molar-refractivity contribution is 0.313. The monoisotopic (exact) mass is 348 g/mol. The third kappa shape index (κ3) is 3.73. The van der Waals surface area contributed by atoms with E-state index in [0.29, 0.717) is 6.01 Å². The second kappa shape index (κ2) is 7.22. The normalized spacial score (nSPS) is 15.2. The lowest BCUT2D eigenvalue weighted by Crippen LogP contribution is -2.44. The lowest BCUT2D eigenvalue weighted by atomic mass is 10.1. The summed E-state index contributed by atoms with van der Waals surface area (Å²) in [6.07, 6.45) is 1.76. The van der Waals surface area contributed by atoms with Crippen LogP contribution in [0.5, 0.6) is 0 Å². The highest BCUT2D eigenvalue weighted by molar-refractivity contribution is 5.62. The van der Waals surface area contributed by atoms with Gasteiger partial charge in [-0.3, -0.25) is 0 Å². The number of nitrogens with one attached hydrogen (secondary N) is 1. The van der Waals surface area contributed by atoms with E-state index in [0.717, 1.165) is 43.2 Å². The molecular weight excluding hydrogens is 324 g/mol. The van der Waals surface area contributed by atoms with Gasteiger partial charge in [-0.2, -0.15) is 0 Å². The van der Waals surface area contributed by atoms with E-state index < -0.39 is 0 Å². The van der Waals surface area contributed by atoms with Crippen LogP contribution < -0.4 is 10.2 Å². The Morgan fingerprint density at radius 2 is 1.77 bits per heavy atom. The summed E-state index contributed by atoms with van der Waals surface area (Å²) in [7, 11) is 2.17. The van der Waals surface area contributed by atoms with Crippen molar-refractivity contribution < 1.29 is 4.42 Å². The third-order valence-corrected chi connectivity index (χ3v) is 4.80. The van der Waals surface area contributed by atoms with Gasteiger partial charge in [0, 0.05) is 43.1 Å². The van der Waals surface area contributed by atoms with Gasteiger partial charge in [0.2, 0.25) is 0 Å². The van der Waals surface area contributed by atoms with Crippen LogP contribution in [0.25, 0.3) is 11.3 Å². The maximum Gasteiger partial charge on any atom is 0.299 e. The van der Waals surface area contributed by atoms with Crippen molar-refractivity contribution in [1.29, 1.82) is 0 Å². The van der Waals surface area contributed by atoms with Gasteiger partial charge in [-0.25, -0.2) is 4.98 Å². The highest BCUT2D eigenvalue weighted by Crippen LogP contribution is 2.26. The van der Waals surface area contributed by atoms with E-state index in [1.54, 1.807) is 6.20 Å². The number of oxazole rings is 1. The summed E-state index contributed by atoms with van der Waals surface area (Å²) < 4.78 is 5.85. The van der Waals surface area contributed by atoms with Crippen LogP contribution in [0.2, 0.25) is 0 Å². The first kappa shape index (κ1) is 16.7. The first-order valence-electron chi connectivity index (χ1n) is 9.01. The average molecular weight is 348 g/mol. The van der Waals surface area contributed by atoms with Gasteiger partial charge in [0.05, 0.1) is 6.20 Å². The highest BCUT2D eigenvalue weighted by atomic mass is 16.4. The Morgan fingerprint density at radius 1 is 1.00 bits per heavy atom. The molecule has 1 saturated heterocycles. The zero-order valence-corrected chi connectivity index (χ0v) is 15.3. The van der Waals surface area contributed by atoms with E-state index in [2.05, 4.69) is 70.5 Å². The number of anilines is 3. The van der Waals surface area contributed by atoms with E-state index in [-0.39, 0.29) is 0 Å². The van der Waals surface area contributed by atoms with Gasteiger partial charge in [0.25, 0.3) is 6.01 Å². The molecule has 0 saturated carbocycles. The van der Waals surface area contributed by atoms with Crippen LogP contribution in [0.3, 0.4) is 0 Å². The van der Waals surface area contributed by atoms with Crippen molar-refractivity contribution >= 4 is 17.4 Å². The molecule has 1 aliphatic rings. The zero-order chi connectivity index (χ0) is 17.9. The number of hydrogen-bond acceptors (Lipinski definition) is 5. The van der Waals surface area contributed by atoms with Gasteiger partial charge in [0.15, 0.2) is 5.76 Å². The number of likely N-dealkylation sites (N-methyl/N-ethyl adjacent to an activating group) is 1. The number of aryl methyl sites for hydroxylation is 1. The predicted molar refractivity (Wildman–Crippen MR) is 106 cm³/mol. The Labute approximate surface area is 154 Å². The smallest absolute Gasteiger partial charge is 0.299 e. The fourth-order valence-electron chi connectivity index (χ4n) is 3.21. The Bertz CT molecular complexity index is 864. The molecule has 2 heterocycles. The molecule has 0 unspecified atom stereocenters. The van der Waals surface area contributed by atoms with Crippen LogP contribution in [0.4, 0.5) is 17.4 Å². The van der Waals surface area contributed by atoms with Crippen LogP contribution in [0.15, 0.2) is 59.1 Å². The lowest BCUT2D eigenvalue weighted by Gasteiger charge is -2.34. The molecule has 1 aliphatic heterocycles. The van der Waals surface area contributed by atoms with Crippen molar-refractivity contribution in [2.75, 3.05) is 43.4 Å². The maximum atomic E-state index is 5.85. The van der Waals surface area contributed by atoms with E-state index in [4.69, 9.17) is 4.42 Å². The van der Waals surface area contributed by atoms with Crippen molar-refractivity contribution in [3.8, 4) is 11.3 Å². The van der Waals surface area contributed by atoms with Gasteiger partial charge < -0.3 is 19.5 Å². The molecule has 5 heteroatoms. The van der Waals surface area contributed by atoms with Crippen LogP contribution in [0.1, 0.15) is 5.56 Å². The molecule has 0 radical (unpaired) electrons. The molecule has 0 bridgehead atoms. The average Bonchev–Trinajstić information content (AvgIpc) is 3.12. The SMILES string of the molecule is Cc1cccc(-c2cnc(Nc3ccc(N4CCN(C)CC4)cc3)o2)c1. The Hall–Kier alpha value is -2.79. The second-order valence-corrected chi connectivity index (χ2v) is 6.86. The number of rotatable bonds is 4. The molecule has 134 valence electrons. The number of aromatic nitrogens is 1. The summed E-state index contributed by atoms with van der Waals surface area (Å²) in [5, 5.41) is 3.24. The van der Waals surface area contributed by atoms with Crippen LogP contribution >= 0.6 is 0 Å². The molecule has 1 N–H and O–H groups in total.